The molecule has 0 aliphatic rings. The Bertz CT molecular complexity index is 1620. The molecule has 38 heavy (non-hydrogen) atoms. The van der Waals surface area contributed by atoms with Crippen LogP contribution in [0.3, 0.4) is 0 Å². The zero-order valence-electron chi connectivity index (χ0n) is 23.0. The summed E-state index contributed by atoms with van der Waals surface area (Å²) in [5, 5.41) is 3.18. The Morgan fingerprint density at radius 3 is 1.24 bits per heavy atom. The first-order chi connectivity index (χ1) is 17.8. The summed E-state index contributed by atoms with van der Waals surface area (Å²) in [6.07, 6.45) is -0.981. The molecule has 0 fully saturated rings. The van der Waals surface area contributed by atoms with E-state index in [0.29, 0.717) is 33.6 Å². The summed E-state index contributed by atoms with van der Waals surface area (Å²) >= 11 is 0. The number of ether oxygens (including phenoxy) is 4. The van der Waals surface area contributed by atoms with Crippen LogP contribution in [0.15, 0.2) is 48.5 Å². The standard InChI is InChI=1S/C30H32N2O6/c1-29(2,3)37-27(33)31-21-11-9-17(35-7)15-19(21)25-23(31)13-14-24-26(25)20-16-18(36-8)10-12-22(20)32(24)28(34)38-30(4,5)6/h9-16H,1-8H3. The van der Waals surface area contributed by atoms with Crippen molar-refractivity contribution >= 4 is 55.8 Å². The second kappa shape index (κ2) is 8.68. The summed E-state index contributed by atoms with van der Waals surface area (Å²) in [6, 6.07) is 14.8. The van der Waals surface area contributed by atoms with Gasteiger partial charge in [0.2, 0.25) is 0 Å². The molecular weight excluding hydrogens is 484 g/mol. The summed E-state index contributed by atoms with van der Waals surface area (Å²) in [6.45, 7) is 11.0. The molecule has 0 atom stereocenters. The summed E-state index contributed by atoms with van der Waals surface area (Å²) in [5.74, 6) is 1.29. The van der Waals surface area contributed by atoms with Gasteiger partial charge in [-0.05, 0) is 90.1 Å². The Morgan fingerprint density at radius 1 is 0.579 bits per heavy atom. The van der Waals surface area contributed by atoms with Gasteiger partial charge in [0.1, 0.15) is 22.7 Å². The van der Waals surface area contributed by atoms with E-state index in [0.717, 1.165) is 21.5 Å². The maximum atomic E-state index is 13.5. The highest BCUT2D eigenvalue weighted by Gasteiger charge is 2.28. The number of rotatable bonds is 2. The first-order valence-corrected chi connectivity index (χ1v) is 12.4. The highest BCUT2D eigenvalue weighted by molar-refractivity contribution is 6.30. The first kappa shape index (κ1) is 25.4. The maximum Gasteiger partial charge on any atom is 0.419 e. The van der Waals surface area contributed by atoms with Crippen LogP contribution < -0.4 is 9.47 Å². The molecule has 5 aromatic rings. The molecule has 0 aliphatic heterocycles. The second-order valence-electron chi connectivity index (χ2n) is 11.3. The van der Waals surface area contributed by atoms with Crippen LogP contribution in [0.2, 0.25) is 0 Å². The van der Waals surface area contributed by atoms with E-state index in [1.807, 2.05) is 90.1 Å². The SMILES string of the molecule is COc1ccc2c(c1)c1c3c4cc(OC)ccc4n(C(=O)OC(C)(C)C)c3ccc1n2C(=O)OC(C)(C)C. The number of carbonyl (C=O) groups is 2. The summed E-state index contributed by atoms with van der Waals surface area (Å²) in [5.41, 5.74) is 1.28. The number of methoxy groups -OCH3 is 2. The van der Waals surface area contributed by atoms with Crippen molar-refractivity contribution in [2.24, 2.45) is 0 Å². The van der Waals surface area contributed by atoms with Crippen LogP contribution in [0.25, 0.3) is 43.6 Å². The quantitative estimate of drug-likeness (QED) is 0.242. The van der Waals surface area contributed by atoms with Gasteiger partial charge in [-0.2, -0.15) is 0 Å². The Labute approximate surface area is 220 Å². The number of carbonyl (C=O) groups excluding carboxylic acids is 2. The van der Waals surface area contributed by atoms with Crippen molar-refractivity contribution in [2.45, 2.75) is 52.7 Å². The van der Waals surface area contributed by atoms with Crippen molar-refractivity contribution in [3.63, 3.8) is 0 Å². The molecule has 0 saturated carbocycles. The third-order valence-electron chi connectivity index (χ3n) is 6.22. The highest BCUT2D eigenvalue weighted by atomic mass is 16.6. The minimum absolute atomic E-state index is 0.490. The Morgan fingerprint density at radius 2 is 0.921 bits per heavy atom. The van der Waals surface area contributed by atoms with Gasteiger partial charge >= 0.3 is 12.2 Å². The lowest BCUT2D eigenvalue weighted by atomic mass is 10.0. The number of hydrogen-bond donors (Lipinski definition) is 0. The number of hydrogen-bond acceptors (Lipinski definition) is 6. The minimum Gasteiger partial charge on any atom is -0.497 e. The predicted octanol–water partition coefficient (Wildman–Crippen LogP) is 7.49. The van der Waals surface area contributed by atoms with Gasteiger partial charge < -0.3 is 18.9 Å². The first-order valence-electron chi connectivity index (χ1n) is 12.4. The molecule has 2 aromatic heterocycles. The smallest absolute Gasteiger partial charge is 0.419 e. The lowest BCUT2D eigenvalue weighted by molar-refractivity contribution is 0.0539. The van der Waals surface area contributed by atoms with E-state index in [4.69, 9.17) is 18.9 Å². The summed E-state index contributed by atoms with van der Waals surface area (Å²) < 4.78 is 25.8. The molecule has 0 saturated heterocycles. The van der Waals surface area contributed by atoms with E-state index in [9.17, 15) is 9.59 Å². The normalized spacial score (nSPS) is 12.4. The number of aromatic nitrogens is 2. The van der Waals surface area contributed by atoms with Gasteiger partial charge in [0, 0.05) is 21.5 Å². The maximum absolute atomic E-state index is 13.5. The highest BCUT2D eigenvalue weighted by Crippen LogP contribution is 2.42. The van der Waals surface area contributed by atoms with Crippen molar-refractivity contribution in [3.05, 3.63) is 48.5 Å². The molecular formula is C30H32N2O6. The average molecular weight is 517 g/mol. The van der Waals surface area contributed by atoms with Crippen molar-refractivity contribution in [1.29, 1.82) is 0 Å². The molecule has 0 unspecified atom stereocenters. The van der Waals surface area contributed by atoms with Gasteiger partial charge in [-0.15, -0.1) is 0 Å². The Balaban J connectivity index is 1.97. The number of benzene rings is 3. The van der Waals surface area contributed by atoms with Gasteiger partial charge in [-0.25, -0.2) is 18.7 Å². The molecule has 0 spiro atoms. The van der Waals surface area contributed by atoms with Crippen LogP contribution in [0.4, 0.5) is 9.59 Å². The van der Waals surface area contributed by atoms with E-state index < -0.39 is 23.4 Å². The molecule has 198 valence electrons. The third kappa shape index (κ3) is 4.20. The van der Waals surface area contributed by atoms with Gasteiger partial charge in [-0.1, -0.05) is 0 Å². The van der Waals surface area contributed by atoms with Gasteiger partial charge in [0.15, 0.2) is 0 Å². The topological polar surface area (TPSA) is 80.9 Å². The van der Waals surface area contributed by atoms with Crippen LogP contribution in [-0.2, 0) is 9.47 Å². The molecule has 8 nitrogen and oxygen atoms in total. The van der Waals surface area contributed by atoms with E-state index in [1.165, 1.54) is 0 Å². The fourth-order valence-corrected chi connectivity index (χ4v) is 4.84. The van der Waals surface area contributed by atoms with E-state index in [2.05, 4.69) is 0 Å². The molecule has 2 heterocycles. The summed E-state index contributed by atoms with van der Waals surface area (Å²) in [7, 11) is 3.20. The Kier molecular flexibility index (Phi) is 5.82. The molecule has 0 aliphatic carbocycles. The van der Waals surface area contributed by atoms with Crippen LogP contribution in [0, 0.1) is 0 Å². The van der Waals surface area contributed by atoms with Gasteiger partial charge in [0.25, 0.3) is 0 Å². The number of nitrogens with zero attached hydrogens (tertiary/aromatic N) is 2. The van der Waals surface area contributed by atoms with Crippen LogP contribution >= 0.6 is 0 Å². The van der Waals surface area contributed by atoms with Crippen molar-refractivity contribution in [3.8, 4) is 11.5 Å². The van der Waals surface area contributed by atoms with Crippen molar-refractivity contribution in [1.82, 2.24) is 9.13 Å². The fourth-order valence-electron chi connectivity index (χ4n) is 4.84. The second-order valence-corrected chi connectivity index (χ2v) is 11.3. The van der Waals surface area contributed by atoms with Gasteiger partial charge in [0.05, 0.1) is 36.3 Å². The van der Waals surface area contributed by atoms with Crippen molar-refractivity contribution in [2.75, 3.05) is 14.2 Å². The fraction of sp³-hybridized carbons (Fsp3) is 0.333. The molecule has 3 aromatic carbocycles. The van der Waals surface area contributed by atoms with Crippen LogP contribution in [-0.4, -0.2) is 46.7 Å². The average Bonchev–Trinajstić information content (AvgIpc) is 3.33. The van der Waals surface area contributed by atoms with E-state index >= 15 is 0 Å². The molecule has 0 amide bonds. The largest absolute Gasteiger partial charge is 0.497 e. The molecule has 5 rings (SSSR count). The molecule has 0 bridgehead atoms. The zero-order valence-corrected chi connectivity index (χ0v) is 23.0. The molecule has 8 heteroatoms. The Hall–Kier alpha value is -4.20. The monoisotopic (exact) mass is 516 g/mol. The lowest BCUT2D eigenvalue weighted by Gasteiger charge is -2.20. The van der Waals surface area contributed by atoms with E-state index in [-0.39, 0.29) is 0 Å². The van der Waals surface area contributed by atoms with Gasteiger partial charge in [-0.3, -0.25) is 0 Å². The van der Waals surface area contributed by atoms with E-state index in [1.54, 1.807) is 23.4 Å². The third-order valence-corrected chi connectivity index (χ3v) is 6.22. The predicted molar refractivity (Wildman–Crippen MR) is 149 cm³/mol. The van der Waals surface area contributed by atoms with Crippen LogP contribution in [0.5, 0.6) is 11.5 Å². The minimum atomic E-state index is -0.684. The van der Waals surface area contributed by atoms with Crippen molar-refractivity contribution < 1.29 is 28.5 Å². The van der Waals surface area contributed by atoms with Crippen LogP contribution in [0.1, 0.15) is 41.5 Å². The zero-order chi connectivity index (χ0) is 27.6. The molecule has 0 N–H and O–H groups in total. The lowest BCUT2D eigenvalue weighted by Crippen LogP contribution is -2.27. The summed E-state index contributed by atoms with van der Waals surface area (Å²) in [4.78, 5) is 27.0. The molecule has 0 radical (unpaired) electrons. The number of fused-ring (bicyclic) bond motifs is 7.